The van der Waals surface area contributed by atoms with E-state index < -0.39 is 21.1 Å². The van der Waals surface area contributed by atoms with E-state index in [9.17, 15) is 0 Å². The molecule has 0 aromatic rings. The van der Waals surface area contributed by atoms with Crippen molar-refractivity contribution in [3.8, 4) is 0 Å². The SMILES string of the molecule is [Cd+2].[In+3].[In+3].[O-2].[O-2].[O-2].[O-2].[O]=[Sn]=[O]. The monoisotopic (exact) mass is 560 g/mol. The standard InChI is InChI=1S/Cd.2In.6O.Sn/q+2;2*+3;;;4*-2;. The van der Waals surface area contributed by atoms with Crippen molar-refractivity contribution in [3.05, 3.63) is 0 Å². The van der Waals surface area contributed by atoms with Crippen molar-refractivity contribution < 1.29 is 55.4 Å². The quantitative estimate of drug-likeness (QED) is 0.322. The van der Waals surface area contributed by atoms with E-state index in [2.05, 4.69) is 0 Å². The van der Waals surface area contributed by atoms with Crippen molar-refractivity contribution in [1.29, 1.82) is 0 Å². The fourth-order valence-electron chi connectivity index (χ4n) is 0. The molecular formula is CdIn2O6Sn. The van der Waals surface area contributed by atoms with Crippen LogP contribution in [0.15, 0.2) is 0 Å². The molecule has 0 saturated carbocycles. The fourth-order valence-corrected chi connectivity index (χ4v) is 0. The van der Waals surface area contributed by atoms with Crippen LogP contribution in [0.4, 0.5) is 0 Å². The second-order valence-electron chi connectivity index (χ2n) is 0.0833. The van der Waals surface area contributed by atoms with Crippen molar-refractivity contribution in [2.45, 2.75) is 0 Å². The summed E-state index contributed by atoms with van der Waals surface area (Å²) in [5.74, 6) is 0. The fraction of sp³-hybridized carbons (Fsp3) is 0. The molecule has 0 radical (unpaired) electrons. The van der Waals surface area contributed by atoms with Crippen LogP contribution in [-0.2, 0) is 55.4 Å². The minimum atomic E-state index is -2.27. The van der Waals surface area contributed by atoms with Crippen LogP contribution in [0.25, 0.3) is 0 Å². The summed E-state index contributed by atoms with van der Waals surface area (Å²) in [7, 11) is 0. The van der Waals surface area contributed by atoms with Crippen LogP contribution in [-0.4, -0.2) is 72.8 Å². The molecule has 10 heteroatoms. The minimum absolute atomic E-state index is 0. The molecule has 0 unspecified atom stereocenters. The molecule has 0 saturated heterocycles. The third-order valence-electron chi connectivity index (χ3n) is 0. The van der Waals surface area contributed by atoms with E-state index in [1.54, 1.807) is 0 Å². The third kappa shape index (κ3) is 127. The van der Waals surface area contributed by atoms with E-state index >= 15 is 0 Å². The average Bonchev–Trinajstić information content (AvgIpc) is 0.918. The summed E-state index contributed by atoms with van der Waals surface area (Å²) in [6, 6.07) is 0. The summed E-state index contributed by atoms with van der Waals surface area (Å²) in [6.07, 6.45) is 0. The van der Waals surface area contributed by atoms with Gasteiger partial charge in [0, 0.05) is 0 Å². The second-order valence-corrected chi connectivity index (χ2v) is 0.559. The van der Waals surface area contributed by atoms with Gasteiger partial charge >= 0.3 is 106 Å². The predicted octanol–water partition coefficient (Wildman–Crippen LogP) is -1.86. The molecule has 0 atom stereocenters. The zero-order valence-electron chi connectivity index (χ0n) is 4.81. The summed E-state index contributed by atoms with van der Waals surface area (Å²) < 4.78 is 17.1. The van der Waals surface area contributed by atoms with Crippen molar-refractivity contribution in [1.82, 2.24) is 0 Å². The number of hydrogen-bond acceptors (Lipinski definition) is 2. The molecule has 0 rings (SSSR count). The van der Waals surface area contributed by atoms with Gasteiger partial charge in [-0.05, 0) is 0 Å². The second kappa shape index (κ2) is 92.9. The van der Waals surface area contributed by atoms with Gasteiger partial charge in [0.1, 0.15) is 0 Å². The molecule has 0 N–H and O–H groups in total. The van der Waals surface area contributed by atoms with E-state index in [0.29, 0.717) is 0 Å². The van der Waals surface area contributed by atoms with E-state index in [1.165, 1.54) is 0 Å². The van der Waals surface area contributed by atoms with Gasteiger partial charge in [-0.25, -0.2) is 0 Å². The molecule has 0 amide bonds. The molecule has 0 fully saturated rings. The summed E-state index contributed by atoms with van der Waals surface area (Å²) in [5.41, 5.74) is 0. The van der Waals surface area contributed by atoms with Crippen LogP contribution < -0.4 is 0 Å². The zero-order valence-corrected chi connectivity index (χ0v) is 18.3. The molecule has 10 heavy (non-hydrogen) atoms. The first kappa shape index (κ1) is 76.1. The summed E-state index contributed by atoms with van der Waals surface area (Å²) in [5, 5.41) is 0. The first-order valence-corrected chi connectivity index (χ1v) is 2.74. The van der Waals surface area contributed by atoms with E-state index in [4.69, 9.17) is 6.15 Å². The maximum atomic E-state index is 8.54. The Hall–Kier alpha value is 2.90. The van der Waals surface area contributed by atoms with Gasteiger partial charge in [-0.1, -0.05) is 0 Å². The van der Waals surface area contributed by atoms with Crippen LogP contribution in [0.3, 0.4) is 0 Å². The normalized spacial score (nSPS) is 0.800. The van der Waals surface area contributed by atoms with E-state index in [-0.39, 0.29) is 101 Å². The van der Waals surface area contributed by atoms with Crippen LogP contribution in [0, 0.1) is 0 Å². The number of rotatable bonds is 0. The van der Waals surface area contributed by atoms with Gasteiger partial charge in [-0.3, -0.25) is 0 Å². The molecule has 0 aliphatic rings. The Morgan fingerprint density at radius 1 is 0.700 bits per heavy atom. The van der Waals surface area contributed by atoms with Gasteiger partial charge in [0.05, 0.1) is 0 Å². The van der Waals surface area contributed by atoms with E-state index in [0.717, 1.165) is 0 Å². The van der Waals surface area contributed by atoms with Crippen LogP contribution in [0.2, 0.25) is 0 Å². The molecule has 0 spiro atoms. The van der Waals surface area contributed by atoms with Crippen LogP contribution >= 0.6 is 0 Å². The molecule has 0 heterocycles. The van der Waals surface area contributed by atoms with Gasteiger partial charge < -0.3 is 21.9 Å². The predicted molar refractivity (Wildman–Crippen MR) is 21.4 cm³/mol. The van der Waals surface area contributed by atoms with Crippen LogP contribution in [0.5, 0.6) is 0 Å². The molecule has 0 aromatic heterocycles. The van der Waals surface area contributed by atoms with Gasteiger partial charge in [0.15, 0.2) is 0 Å². The van der Waals surface area contributed by atoms with Gasteiger partial charge in [-0.2, -0.15) is 0 Å². The zero-order chi connectivity index (χ0) is 2.71. The molecule has 6 nitrogen and oxygen atoms in total. The average molecular weight is 557 g/mol. The summed E-state index contributed by atoms with van der Waals surface area (Å²) in [4.78, 5) is 0. The molecule has 0 aliphatic carbocycles. The molecule has 0 bridgehead atoms. The maximum absolute atomic E-state index is 8.54. The first-order chi connectivity index (χ1) is 1.41. The molecule has 48 valence electrons. The summed E-state index contributed by atoms with van der Waals surface area (Å²) in [6.45, 7) is 0. The molecule has 0 aliphatic heterocycles. The van der Waals surface area contributed by atoms with Gasteiger partial charge in [0.25, 0.3) is 0 Å². The Bertz CT molecular complexity index is 36.7. The number of hydrogen-bond donors (Lipinski definition) is 0. The third-order valence-corrected chi connectivity index (χ3v) is 0. The van der Waals surface area contributed by atoms with Crippen molar-refractivity contribution in [2.75, 3.05) is 0 Å². The molecule has 0 aromatic carbocycles. The Kier molecular flexibility index (Phi) is 707. The van der Waals surface area contributed by atoms with E-state index in [1.807, 2.05) is 0 Å². The Morgan fingerprint density at radius 3 is 0.700 bits per heavy atom. The Labute approximate surface area is 126 Å². The Balaban J connectivity index is -0.000000000952. The van der Waals surface area contributed by atoms with Crippen molar-refractivity contribution >= 4 is 72.8 Å². The summed E-state index contributed by atoms with van der Waals surface area (Å²) >= 11 is -2.27. The van der Waals surface area contributed by atoms with Crippen molar-refractivity contribution in [3.63, 3.8) is 0 Å². The topological polar surface area (TPSA) is 148 Å². The van der Waals surface area contributed by atoms with Gasteiger partial charge in [0.2, 0.25) is 0 Å². The molecular weight excluding hydrogens is 557 g/mol. The van der Waals surface area contributed by atoms with Gasteiger partial charge in [-0.15, -0.1) is 0 Å². The first-order valence-electron chi connectivity index (χ1n) is 0.408. The Morgan fingerprint density at radius 2 is 0.700 bits per heavy atom. The van der Waals surface area contributed by atoms with Crippen LogP contribution in [0.1, 0.15) is 0 Å². The van der Waals surface area contributed by atoms with Crippen molar-refractivity contribution in [2.24, 2.45) is 0 Å².